The molecule has 3 heterocycles. The van der Waals surface area contributed by atoms with Gasteiger partial charge in [-0.3, -0.25) is 14.9 Å². The molecule has 4 rings (SSSR count). The fourth-order valence-electron chi connectivity index (χ4n) is 3.01. The number of rotatable bonds is 6. The summed E-state index contributed by atoms with van der Waals surface area (Å²) in [4.78, 5) is 44.3. The van der Waals surface area contributed by atoms with Crippen molar-refractivity contribution in [2.75, 3.05) is 43.9 Å². The van der Waals surface area contributed by atoms with Crippen LogP contribution in [0.5, 0.6) is 0 Å². The minimum atomic E-state index is -0.344. The Balaban J connectivity index is 1.25. The molecule has 0 atom stereocenters. The van der Waals surface area contributed by atoms with Crippen molar-refractivity contribution in [3.05, 3.63) is 29.3 Å². The van der Waals surface area contributed by atoms with Crippen LogP contribution in [0.2, 0.25) is 0 Å². The Morgan fingerprint density at radius 1 is 1.09 bits per heavy atom. The van der Waals surface area contributed by atoms with Gasteiger partial charge < -0.3 is 14.5 Å². The zero-order valence-electron chi connectivity index (χ0n) is 17.1. The fraction of sp³-hybridized carbons (Fsp3) is 0.368. The second-order valence-corrected chi connectivity index (χ2v) is 9.90. The monoisotopic (exact) mass is 492 g/mol. The molecule has 0 unspecified atom stereocenters. The van der Waals surface area contributed by atoms with Crippen molar-refractivity contribution >= 4 is 67.7 Å². The second-order valence-electron chi connectivity index (χ2n) is 6.67. The number of carbonyl (C=O) groups excluding carboxylic acids is 3. The molecule has 0 bridgehead atoms. The number of benzene rings is 1. The van der Waals surface area contributed by atoms with E-state index in [4.69, 9.17) is 4.74 Å². The van der Waals surface area contributed by atoms with E-state index < -0.39 is 0 Å². The molecular formula is C19H20N6O4S3. The third-order valence-corrected chi connectivity index (χ3v) is 7.58. The number of para-hydroxylation sites is 1. The Morgan fingerprint density at radius 3 is 2.59 bits per heavy atom. The Kier molecular flexibility index (Phi) is 7.17. The maximum atomic E-state index is 12.5. The number of piperazine rings is 1. The largest absolute Gasteiger partial charge is 0.450 e. The second kappa shape index (κ2) is 10.2. The molecule has 1 saturated heterocycles. The lowest BCUT2D eigenvalue weighted by Gasteiger charge is -2.33. The van der Waals surface area contributed by atoms with Crippen LogP contribution in [0.1, 0.15) is 16.7 Å². The van der Waals surface area contributed by atoms with Crippen molar-refractivity contribution in [1.82, 2.24) is 25.0 Å². The molecule has 0 radical (unpaired) electrons. The summed E-state index contributed by atoms with van der Waals surface area (Å²) in [5.74, 6) is -0.164. The quantitative estimate of drug-likeness (QED) is 0.412. The molecule has 1 fully saturated rings. The molecule has 3 aromatic rings. The van der Waals surface area contributed by atoms with Gasteiger partial charge in [0.25, 0.3) is 5.91 Å². The van der Waals surface area contributed by atoms with E-state index in [0.29, 0.717) is 47.3 Å². The number of carbonyl (C=O) groups is 3. The molecule has 1 N–H and O–H groups in total. The number of thioether (sulfide) groups is 1. The number of fused-ring (bicyclic) bond motifs is 1. The van der Waals surface area contributed by atoms with E-state index in [0.717, 1.165) is 10.2 Å². The van der Waals surface area contributed by atoms with Crippen LogP contribution in [-0.4, -0.2) is 81.4 Å². The Morgan fingerprint density at radius 2 is 1.84 bits per heavy atom. The average Bonchev–Trinajstić information content (AvgIpc) is 3.44. The number of hydrogen-bond donors (Lipinski definition) is 1. The molecule has 13 heteroatoms. The van der Waals surface area contributed by atoms with Crippen molar-refractivity contribution in [3.8, 4) is 0 Å². The highest BCUT2D eigenvalue weighted by molar-refractivity contribution is 8.01. The van der Waals surface area contributed by atoms with Crippen LogP contribution < -0.4 is 5.32 Å². The molecule has 2 aromatic heterocycles. The summed E-state index contributed by atoms with van der Waals surface area (Å²) in [6.45, 7) is 3.95. The molecule has 32 heavy (non-hydrogen) atoms. The maximum Gasteiger partial charge on any atom is 0.409 e. The van der Waals surface area contributed by atoms with E-state index in [2.05, 4.69) is 20.5 Å². The van der Waals surface area contributed by atoms with Gasteiger partial charge >= 0.3 is 6.09 Å². The maximum absolute atomic E-state index is 12.5. The van der Waals surface area contributed by atoms with Gasteiger partial charge in [-0.15, -0.1) is 21.5 Å². The standard InChI is InChI=1S/C19H20N6O4S3/c1-2-29-19(28)25-9-7-24(8-10-25)14(26)11-30-18-23-22-17(32-18)21-15(27)16-20-12-5-3-4-6-13(12)31-16/h3-6H,2,7-11H2,1H3,(H,21,22,27). The molecule has 0 spiro atoms. The topological polar surface area (TPSA) is 118 Å². The van der Waals surface area contributed by atoms with Crippen molar-refractivity contribution < 1.29 is 19.1 Å². The number of anilines is 1. The zero-order chi connectivity index (χ0) is 22.5. The van der Waals surface area contributed by atoms with Gasteiger partial charge in [-0.1, -0.05) is 35.2 Å². The third kappa shape index (κ3) is 5.34. The van der Waals surface area contributed by atoms with Gasteiger partial charge in [0.2, 0.25) is 11.0 Å². The van der Waals surface area contributed by atoms with Gasteiger partial charge in [-0.2, -0.15) is 0 Å². The summed E-state index contributed by atoms with van der Waals surface area (Å²) in [6, 6.07) is 7.55. The van der Waals surface area contributed by atoms with Crippen LogP contribution in [0, 0.1) is 0 Å². The number of nitrogens with one attached hydrogen (secondary N) is 1. The highest BCUT2D eigenvalue weighted by Gasteiger charge is 2.25. The first-order valence-corrected chi connectivity index (χ1v) is 12.5. The summed E-state index contributed by atoms with van der Waals surface area (Å²) >= 11 is 3.79. The molecule has 1 aromatic carbocycles. The van der Waals surface area contributed by atoms with Crippen LogP contribution in [0.25, 0.3) is 10.2 Å². The highest BCUT2D eigenvalue weighted by Crippen LogP contribution is 2.27. The predicted molar refractivity (Wildman–Crippen MR) is 123 cm³/mol. The summed E-state index contributed by atoms with van der Waals surface area (Å²) in [5, 5.41) is 11.4. The minimum absolute atomic E-state index is 0.0335. The van der Waals surface area contributed by atoms with Crippen molar-refractivity contribution in [3.63, 3.8) is 0 Å². The summed E-state index contributed by atoms with van der Waals surface area (Å²) in [5.41, 5.74) is 0.776. The van der Waals surface area contributed by atoms with E-state index in [1.54, 1.807) is 16.7 Å². The zero-order valence-corrected chi connectivity index (χ0v) is 19.6. The predicted octanol–water partition coefficient (Wildman–Crippen LogP) is 2.79. The summed E-state index contributed by atoms with van der Waals surface area (Å²) < 4.78 is 6.51. The number of amides is 3. The van der Waals surface area contributed by atoms with Crippen LogP contribution in [0.15, 0.2) is 28.6 Å². The van der Waals surface area contributed by atoms with Crippen molar-refractivity contribution in [2.24, 2.45) is 0 Å². The molecule has 0 saturated carbocycles. The first-order chi connectivity index (χ1) is 15.5. The van der Waals surface area contributed by atoms with E-state index in [1.165, 1.54) is 34.4 Å². The van der Waals surface area contributed by atoms with E-state index in [9.17, 15) is 14.4 Å². The van der Waals surface area contributed by atoms with Gasteiger partial charge in [-0.25, -0.2) is 9.78 Å². The number of thiazole rings is 1. The van der Waals surface area contributed by atoms with Crippen LogP contribution in [0.3, 0.4) is 0 Å². The normalized spacial score (nSPS) is 13.9. The first-order valence-electron chi connectivity index (χ1n) is 9.86. The molecular weight excluding hydrogens is 472 g/mol. The van der Waals surface area contributed by atoms with Crippen molar-refractivity contribution in [2.45, 2.75) is 11.3 Å². The van der Waals surface area contributed by atoms with Crippen molar-refractivity contribution in [1.29, 1.82) is 0 Å². The summed E-state index contributed by atoms with van der Waals surface area (Å²) in [7, 11) is 0. The SMILES string of the molecule is CCOC(=O)N1CCN(C(=O)CSc2nnc(NC(=O)c3nc4ccccc4s3)s2)CC1. The van der Waals surface area contributed by atoms with E-state index in [1.807, 2.05) is 24.3 Å². The molecule has 10 nitrogen and oxygen atoms in total. The van der Waals surface area contributed by atoms with Crippen LogP contribution in [0.4, 0.5) is 9.93 Å². The lowest BCUT2D eigenvalue weighted by atomic mass is 10.3. The third-order valence-electron chi connectivity index (χ3n) is 4.59. The molecule has 1 aliphatic heterocycles. The Labute approximate surface area is 196 Å². The Hall–Kier alpha value is -2.77. The number of nitrogens with zero attached hydrogens (tertiary/aromatic N) is 5. The van der Waals surface area contributed by atoms with Crippen LogP contribution in [-0.2, 0) is 9.53 Å². The van der Waals surface area contributed by atoms with Gasteiger partial charge in [0.05, 0.1) is 22.6 Å². The van der Waals surface area contributed by atoms with Gasteiger partial charge in [0.1, 0.15) is 0 Å². The molecule has 168 valence electrons. The van der Waals surface area contributed by atoms with Gasteiger partial charge in [-0.05, 0) is 19.1 Å². The minimum Gasteiger partial charge on any atom is -0.450 e. The summed E-state index contributed by atoms with van der Waals surface area (Å²) in [6.07, 6.45) is -0.344. The number of hydrogen-bond acceptors (Lipinski definition) is 10. The highest BCUT2D eigenvalue weighted by atomic mass is 32.2. The van der Waals surface area contributed by atoms with E-state index in [-0.39, 0.29) is 23.7 Å². The molecule has 3 amide bonds. The Bertz CT molecular complexity index is 1090. The smallest absolute Gasteiger partial charge is 0.409 e. The fourth-order valence-corrected chi connectivity index (χ4v) is 5.52. The molecule has 1 aliphatic rings. The van der Waals surface area contributed by atoms with Gasteiger partial charge in [0.15, 0.2) is 9.35 Å². The van der Waals surface area contributed by atoms with E-state index >= 15 is 0 Å². The number of aromatic nitrogens is 3. The average molecular weight is 493 g/mol. The lowest BCUT2D eigenvalue weighted by molar-refractivity contribution is -0.129. The number of ether oxygens (including phenoxy) is 1. The lowest BCUT2D eigenvalue weighted by Crippen LogP contribution is -2.51. The van der Waals surface area contributed by atoms with Crippen LogP contribution >= 0.6 is 34.4 Å². The molecule has 0 aliphatic carbocycles. The first kappa shape index (κ1) is 22.4. The van der Waals surface area contributed by atoms with Gasteiger partial charge in [0, 0.05) is 26.2 Å².